The van der Waals surface area contributed by atoms with E-state index in [1.807, 2.05) is 24.3 Å². The lowest BCUT2D eigenvalue weighted by Gasteiger charge is -2.05. The molecule has 3 nitrogen and oxygen atoms in total. The first-order valence-corrected chi connectivity index (χ1v) is 7.13. The summed E-state index contributed by atoms with van der Waals surface area (Å²) >= 11 is 0.542. The molecule has 6 heteroatoms. The summed E-state index contributed by atoms with van der Waals surface area (Å²) in [5, 5.41) is 12.2. The number of aliphatic hydroxyl groups is 1. The smallest absolute Gasteiger partial charge is 0.284 e. The lowest BCUT2D eigenvalue weighted by atomic mass is 10.2. The van der Waals surface area contributed by atoms with E-state index in [0.29, 0.717) is 29.8 Å². The fourth-order valence-electron chi connectivity index (χ4n) is 1.71. The molecule has 0 radical (unpaired) electrons. The first-order valence-electron chi connectivity index (χ1n) is 6.08. The number of anilines is 1. The van der Waals surface area contributed by atoms with Crippen molar-refractivity contribution in [2.24, 2.45) is 0 Å². The van der Waals surface area contributed by atoms with Crippen LogP contribution in [0, 0.1) is 0 Å². The zero-order valence-electron chi connectivity index (χ0n) is 10.7. The molecule has 20 heavy (non-hydrogen) atoms. The highest BCUT2D eigenvalue weighted by molar-refractivity contribution is 7.98. The predicted molar refractivity (Wildman–Crippen MR) is 75.7 cm³/mol. The third-order valence-corrected chi connectivity index (χ3v) is 3.35. The number of benzene rings is 1. The second-order valence-corrected chi connectivity index (χ2v) is 5.13. The number of nitrogens with one attached hydrogen (secondary N) is 1. The molecule has 0 aliphatic heterocycles. The highest BCUT2D eigenvalue weighted by atomic mass is 32.2. The van der Waals surface area contributed by atoms with E-state index in [2.05, 4.69) is 5.32 Å². The maximum atomic E-state index is 12.1. The topological polar surface area (TPSA) is 45.4 Å². The Hall–Kier alpha value is -1.53. The number of hydrogen-bond acceptors (Lipinski definition) is 4. The molecule has 0 saturated carbocycles. The summed E-state index contributed by atoms with van der Waals surface area (Å²) in [6, 6.07) is 10.9. The van der Waals surface area contributed by atoms with Gasteiger partial charge >= 0.3 is 0 Å². The fourth-order valence-corrected chi connectivity index (χ4v) is 2.15. The van der Waals surface area contributed by atoms with Crippen LogP contribution in [0.5, 0.6) is 0 Å². The minimum Gasteiger partial charge on any atom is -0.463 e. The first kappa shape index (κ1) is 14.9. The molecule has 0 fully saturated rings. The zero-order chi connectivity index (χ0) is 14.4. The molecule has 2 aromatic rings. The number of alkyl halides is 2. The van der Waals surface area contributed by atoms with Crippen molar-refractivity contribution >= 4 is 17.4 Å². The van der Waals surface area contributed by atoms with Crippen LogP contribution in [0.4, 0.5) is 14.5 Å². The Labute approximate surface area is 120 Å². The van der Waals surface area contributed by atoms with Crippen LogP contribution < -0.4 is 5.32 Å². The molecule has 108 valence electrons. The summed E-state index contributed by atoms with van der Waals surface area (Å²) in [4.78, 5) is 0. The van der Waals surface area contributed by atoms with Crippen molar-refractivity contribution < 1.29 is 18.3 Å². The molecule has 0 amide bonds. The third-order valence-electron chi connectivity index (χ3n) is 2.65. The van der Waals surface area contributed by atoms with Gasteiger partial charge in [-0.25, -0.2) is 0 Å². The molecule has 2 rings (SSSR count). The van der Waals surface area contributed by atoms with E-state index >= 15 is 0 Å². The average molecular weight is 299 g/mol. The van der Waals surface area contributed by atoms with Gasteiger partial charge in [0.15, 0.2) is 0 Å². The van der Waals surface area contributed by atoms with Gasteiger partial charge in [0, 0.05) is 5.69 Å². The van der Waals surface area contributed by atoms with Crippen molar-refractivity contribution in [1.82, 2.24) is 0 Å². The quantitative estimate of drug-likeness (QED) is 0.815. The summed E-state index contributed by atoms with van der Waals surface area (Å²) in [6.45, 7) is 0.458. The highest BCUT2D eigenvalue weighted by Gasteiger charge is 2.07. The molecule has 0 aliphatic carbocycles. The zero-order valence-corrected chi connectivity index (χ0v) is 11.5. The summed E-state index contributed by atoms with van der Waals surface area (Å²) in [7, 11) is 0. The van der Waals surface area contributed by atoms with Crippen molar-refractivity contribution in [2.75, 3.05) is 5.32 Å². The van der Waals surface area contributed by atoms with Crippen molar-refractivity contribution in [1.29, 1.82) is 0 Å². The van der Waals surface area contributed by atoms with E-state index in [1.54, 1.807) is 12.1 Å². The van der Waals surface area contributed by atoms with Gasteiger partial charge in [0.25, 0.3) is 5.76 Å². The molecular weight excluding hydrogens is 284 g/mol. The van der Waals surface area contributed by atoms with Crippen LogP contribution in [0.15, 0.2) is 40.8 Å². The molecular formula is C14H15F2NO2S. The van der Waals surface area contributed by atoms with E-state index in [-0.39, 0.29) is 12.4 Å². The molecule has 2 N–H and O–H groups in total. The van der Waals surface area contributed by atoms with Gasteiger partial charge in [-0.05, 0) is 29.8 Å². The van der Waals surface area contributed by atoms with Crippen LogP contribution >= 0.6 is 11.8 Å². The van der Waals surface area contributed by atoms with Gasteiger partial charge in [0.05, 0.1) is 18.9 Å². The van der Waals surface area contributed by atoms with Crippen molar-refractivity contribution in [2.45, 2.75) is 24.7 Å². The number of furan rings is 1. The van der Waals surface area contributed by atoms with Gasteiger partial charge in [-0.15, -0.1) is 0 Å². The Morgan fingerprint density at radius 3 is 2.75 bits per heavy atom. The number of hydrogen-bond donors (Lipinski definition) is 2. The van der Waals surface area contributed by atoms with Crippen LogP contribution in [-0.2, 0) is 18.9 Å². The normalized spacial score (nSPS) is 11.0. The van der Waals surface area contributed by atoms with Crippen molar-refractivity contribution in [3.05, 3.63) is 53.5 Å². The molecule has 1 aromatic heterocycles. The number of rotatable bonds is 7. The average Bonchev–Trinajstić information content (AvgIpc) is 2.91. The Balaban J connectivity index is 1.87. The Morgan fingerprint density at radius 2 is 2.00 bits per heavy atom. The van der Waals surface area contributed by atoms with Gasteiger partial charge in [0.2, 0.25) is 0 Å². The molecule has 0 atom stereocenters. The maximum absolute atomic E-state index is 12.1. The number of aliphatic hydroxyl groups excluding tert-OH is 1. The van der Waals surface area contributed by atoms with Gasteiger partial charge in [-0.3, -0.25) is 0 Å². The van der Waals surface area contributed by atoms with Crippen LogP contribution in [0.25, 0.3) is 0 Å². The van der Waals surface area contributed by atoms with Crippen molar-refractivity contribution in [3.63, 3.8) is 0 Å². The van der Waals surface area contributed by atoms with Crippen LogP contribution in [0.3, 0.4) is 0 Å². The van der Waals surface area contributed by atoms with Crippen LogP contribution in [-0.4, -0.2) is 10.9 Å². The van der Waals surface area contributed by atoms with Gasteiger partial charge in [0.1, 0.15) is 11.5 Å². The molecule has 1 aromatic carbocycles. The maximum Gasteiger partial charge on any atom is 0.284 e. The molecule has 0 aliphatic rings. The van der Waals surface area contributed by atoms with Crippen molar-refractivity contribution in [3.8, 4) is 0 Å². The van der Waals surface area contributed by atoms with E-state index in [1.165, 1.54) is 0 Å². The fraction of sp³-hybridized carbons (Fsp3) is 0.286. The molecule has 0 bridgehead atoms. The Bertz CT molecular complexity index is 545. The van der Waals surface area contributed by atoms with Gasteiger partial charge in [-0.2, -0.15) is 8.78 Å². The monoisotopic (exact) mass is 299 g/mol. The summed E-state index contributed by atoms with van der Waals surface area (Å²) < 4.78 is 29.6. The predicted octanol–water partition coefficient (Wildman–Crippen LogP) is 3.84. The second kappa shape index (κ2) is 7.31. The largest absolute Gasteiger partial charge is 0.463 e. The summed E-state index contributed by atoms with van der Waals surface area (Å²) in [5.41, 5.74) is 1.69. The Morgan fingerprint density at radius 1 is 1.20 bits per heavy atom. The van der Waals surface area contributed by atoms with Crippen LogP contribution in [0.2, 0.25) is 0 Å². The minimum absolute atomic E-state index is 0.00866. The summed E-state index contributed by atoms with van der Waals surface area (Å²) in [5.74, 6) is -0.999. The first-order chi connectivity index (χ1) is 9.67. The minimum atomic E-state index is -2.39. The highest BCUT2D eigenvalue weighted by Crippen LogP contribution is 2.21. The SMILES string of the molecule is OCc1cccc(NCc2ccc(CSC(F)F)o2)c1. The Kier molecular flexibility index (Phi) is 5.43. The van der Waals surface area contributed by atoms with E-state index in [0.717, 1.165) is 11.3 Å². The van der Waals surface area contributed by atoms with Crippen LogP contribution in [0.1, 0.15) is 17.1 Å². The van der Waals surface area contributed by atoms with Gasteiger partial charge in [-0.1, -0.05) is 23.9 Å². The third kappa shape index (κ3) is 4.54. The number of halogens is 2. The molecule has 0 unspecified atom stereocenters. The van der Waals surface area contributed by atoms with E-state index in [4.69, 9.17) is 9.52 Å². The number of thioether (sulfide) groups is 1. The second-order valence-electron chi connectivity index (χ2n) is 4.15. The summed E-state index contributed by atoms with van der Waals surface area (Å²) in [6.07, 6.45) is 0. The lowest BCUT2D eigenvalue weighted by Crippen LogP contribution is -1.98. The lowest BCUT2D eigenvalue weighted by molar-refractivity contribution is 0.251. The molecule has 0 spiro atoms. The molecule has 1 heterocycles. The van der Waals surface area contributed by atoms with Gasteiger partial charge < -0.3 is 14.8 Å². The van der Waals surface area contributed by atoms with E-state index < -0.39 is 5.76 Å². The van der Waals surface area contributed by atoms with E-state index in [9.17, 15) is 8.78 Å². The standard InChI is InChI=1S/C14H15F2NO2S/c15-14(16)20-9-13-5-4-12(19-13)7-17-11-3-1-2-10(6-11)8-18/h1-6,14,17-18H,7-9H2. The molecule has 0 saturated heterocycles.